The molecule has 3 nitrogen and oxygen atoms in total. The van der Waals surface area contributed by atoms with Crippen molar-refractivity contribution >= 4 is 27.5 Å². The number of aromatic nitrogens is 2. The van der Waals surface area contributed by atoms with Crippen molar-refractivity contribution in [2.24, 2.45) is 0 Å². The van der Waals surface area contributed by atoms with Gasteiger partial charge in [0.05, 0.1) is 23.3 Å². The zero-order valence-corrected chi connectivity index (χ0v) is 18.7. The van der Waals surface area contributed by atoms with Crippen LogP contribution in [0.4, 0.5) is 5.69 Å². The second kappa shape index (κ2) is 8.03. The first-order valence-electron chi connectivity index (χ1n) is 11.3. The molecule has 0 bridgehead atoms. The summed E-state index contributed by atoms with van der Waals surface area (Å²) in [6.45, 7) is 9.39. The van der Waals surface area contributed by atoms with Crippen LogP contribution in [-0.2, 0) is 0 Å². The average molecular weight is 436 g/mol. The van der Waals surface area contributed by atoms with Crippen LogP contribution in [-0.4, -0.2) is 9.55 Å². The van der Waals surface area contributed by atoms with E-state index in [2.05, 4.69) is 89.1 Å². The Hall–Kier alpha value is -4.68. The van der Waals surface area contributed by atoms with Gasteiger partial charge in [-0.3, -0.25) is 4.98 Å². The summed E-state index contributed by atoms with van der Waals surface area (Å²) in [5.41, 5.74) is 9.42. The minimum Gasteiger partial charge on any atom is -0.309 e. The molecule has 2 aromatic heterocycles. The minimum atomic E-state index is 0.640. The summed E-state index contributed by atoms with van der Waals surface area (Å²) in [6, 6.07) is 35.5. The third-order valence-electron chi connectivity index (χ3n) is 6.38. The number of benzene rings is 4. The molecule has 6 rings (SSSR count). The van der Waals surface area contributed by atoms with Gasteiger partial charge in [0.25, 0.3) is 0 Å². The monoisotopic (exact) mass is 435 g/mol. The molecule has 0 radical (unpaired) electrons. The van der Waals surface area contributed by atoms with Crippen molar-refractivity contribution in [3.05, 3.63) is 126 Å². The number of hydrogen-bond acceptors (Lipinski definition) is 1. The van der Waals surface area contributed by atoms with Gasteiger partial charge in [-0.05, 0) is 60.5 Å². The van der Waals surface area contributed by atoms with Gasteiger partial charge in [0.15, 0.2) is 5.69 Å². The molecule has 0 spiro atoms. The Labute approximate surface area is 198 Å². The lowest BCUT2D eigenvalue weighted by Crippen LogP contribution is -1.93. The van der Waals surface area contributed by atoms with E-state index in [9.17, 15) is 0 Å². The molecule has 2 heterocycles. The molecule has 0 fully saturated rings. The van der Waals surface area contributed by atoms with Crippen LogP contribution in [0.2, 0.25) is 0 Å². The number of nitrogens with zero attached hydrogens (tertiary/aromatic N) is 3. The molecular formula is C31H21N3. The van der Waals surface area contributed by atoms with Gasteiger partial charge in [-0.25, -0.2) is 4.85 Å². The number of aryl methyl sites for hydroxylation is 1. The normalized spacial score (nSPS) is 11.1. The van der Waals surface area contributed by atoms with Crippen LogP contribution in [0.5, 0.6) is 0 Å². The number of fused-ring (bicyclic) bond motifs is 3. The Morgan fingerprint density at radius 1 is 0.706 bits per heavy atom. The highest BCUT2D eigenvalue weighted by atomic mass is 15.0. The Bertz CT molecular complexity index is 1720. The van der Waals surface area contributed by atoms with Crippen LogP contribution in [0.15, 0.2) is 109 Å². The van der Waals surface area contributed by atoms with E-state index in [1.165, 1.54) is 21.8 Å². The van der Waals surface area contributed by atoms with E-state index in [1.54, 1.807) is 0 Å². The average Bonchev–Trinajstić information content (AvgIpc) is 3.23. The molecule has 0 aliphatic heterocycles. The van der Waals surface area contributed by atoms with E-state index >= 15 is 0 Å². The zero-order chi connectivity index (χ0) is 23.1. The fourth-order valence-corrected chi connectivity index (χ4v) is 4.75. The lowest BCUT2D eigenvalue weighted by Gasteiger charge is -2.10. The Kier molecular flexibility index (Phi) is 4.71. The second-order valence-corrected chi connectivity index (χ2v) is 8.47. The van der Waals surface area contributed by atoms with Crippen LogP contribution in [0, 0.1) is 13.5 Å². The number of pyridine rings is 1. The summed E-state index contributed by atoms with van der Waals surface area (Å²) in [7, 11) is 0. The standard InChI is InChI=1S/C31H21N3/c1-21-17-29(33-20-28(21)22-9-8-10-24(18-22)32-2)23-15-16-31-27(19-23)26-13-6-7-14-30(26)34(31)25-11-4-3-5-12-25/h3-20H,1H3. The summed E-state index contributed by atoms with van der Waals surface area (Å²) in [6.07, 6.45) is 1.92. The summed E-state index contributed by atoms with van der Waals surface area (Å²) in [5.74, 6) is 0. The van der Waals surface area contributed by atoms with Gasteiger partial charge in [0, 0.05) is 33.8 Å². The topological polar surface area (TPSA) is 22.2 Å². The molecule has 0 saturated heterocycles. The minimum absolute atomic E-state index is 0.640. The van der Waals surface area contributed by atoms with Gasteiger partial charge >= 0.3 is 0 Å². The molecule has 0 saturated carbocycles. The third kappa shape index (κ3) is 3.25. The Morgan fingerprint density at radius 3 is 2.32 bits per heavy atom. The van der Waals surface area contributed by atoms with Crippen molar-refractivity contribution in [1.82, 2.24) is 9.55 Å². The maximum absolute atomic E-state index is 7.29. The molecule has 4 aromatic carbocycles. The first-order chi connectivity index (χ1) is 16.7. The number of para-hydroxylation sites is 2. The largest absolute Gasteiger partial charge is 0.309 e. The molecule has 0 unspecified atom stereocenters. The molecule has 34 heavy (non-hydrogen) atoms. The summed E-state index contributed by atoms with van der Waals surface area (Å²) < 4.78 is 2.32. The third-order valence-corrected chi connectivity index (χ3v) is 6.38. The van der Waals surface area contributed by atoms with Crippen molar-refractivity contribution in [3.63, 3.8) is 0 Å². The van der Waals surface area contributed by atoms with E-state index in [-0.39, 0.29) is 0 Å². The van der Waals surface area contributed by atoms with Gasteiger partial charge in [0.1, 0.15) is 0 Å². The van der Waals surface area contributed by atoms with E-state index in [4.69, 9.17) is 11.6 Å². The van der Waals surface area contributed by atoms with Crippen molar-refractivity contribution < 1.29 is 0 Å². The van der Waals surface area contributed by atoms with E-state index in [0.29, 0.717) is 5.69 Å². The summed E-state index contributed by atoms with van der Waals surface area (Å²) in [4.78, 5) is 8.37. The van der Waals surface area contributed by atoms with E-state index in [1.807, 2.05) is 36.5 Å². The fourth-order valence-electron chi connectivity index (χ4n) is 4.75. The predicted molar refractivity (Wildman–Crippen MR) is 140 cm³/mol. The number of hydrogen-bond donors (Lipinski definition) is 0. The van der Waals surface area contributed by atoms with Crippen LogP contribution in [0.25, 0.3) is 54.7 Å². The predicted octanol–water partition coefficient (Wildman–Crippen LogP) is 8.37. The lowest BCUT2D eigenvalue weighted by atomic mass is 9.99. The van der Waals surface area contributed by atoms with Crippen molar-refractivity contribution in [2.75, 3.05) is 0 Å². The summed E-state index contributed by atoms with van der Waals surface area (Å²) in [5, 5.41) is 2.44. The first kappa shape index (κ1) is 20.0. The SMILES string of the molecule is [C-]#[N+]c1cccc(-c2cnc(-c3ccc4c(c3)c3ccccc3n4-c3ccccc3)cc2C)c1. The zero-order valence-electron chi connectivity index (χ0n) is 18.7. The highest BCUT2D eigenvalue weighted by Gasteiger charge is 2.14. The van der Waals surface area contributed by atoms with Crippen molar-refractivity contribution in [2.45, 2.75) is 6.92 Å². The molecule has 6 aromatic rings. The highest BCUT2D eigenvalue weighted by molar-refractivity contribution is 6.10. The molecule has 0 atom stereocenters. The molecule has 0 aliphatic rings. The van der Waals surface area contributed by atoms with Crippen LogP contribution in [0.3, 0.4) is 0 Å². The first-order valence-corrected chi connectivity index (χ1v) is 11.3. The quantitative estimate of drug-likeness (QED) is 0.256. The Balaban J connectivity index is 1.50. The van der Waals surface area contributed by atoms with Gasteiger partial charge < -0.3 is 4.57 Å². The maximum Gasteiger partial charge on any atom is 0.187 e. The molecule has 0 amide bonds. The Morgan fingerprint density at radius 2 is 1.50 bits per heavy atom. The van der Waals surface area contributed by atoms with Crippen LogP contribution >= 0.6 is 0 Å². The molecule has 3 heteroatoms. The van der Waals surface area contributed by atoms with Gasteiger partial charge in [-0.15, -0.1) is 0 Å². The smallest absolute Gasteiger partial charge is 0.187 e. The number of rotatable bonds is 3. The van der Waals surface area contributed by atoms with Crippen molar-refractivity contribution in [1.29, 1.82) is 0 Å². The second-order valence-electron chi connectivity index (χ2n) is 8.47. The molecule has 160 valence electrons. The molecule has 0 N–H and O–H groups in total. The van der Waals surface area contributed by atoms with Gasteiger partial charge in [-0.1, -0.05) is 60.7 Å². The maximum atomic E-state index is 7.29. The van der Waals surface area contributed by atoms with Gasteiger partial charge in [0.2, 0.25) is 0 Å². The molecule has 0 aliphatic carbocycles. The fraction of sp³-hybridized carbons (Fsp3) is 0.0323. The highest BCUT2D eigenvalue weighted by Crippen LogP contribution is 2.35. The molecular weight excluding hydrogens is 414 g/mol. The van der Waals surface area contributed by atoms with Crippen LogP contribution < -0.4 is 0 Å². The van der Waals surface area contributed by atoms with E-state index in [0.717, 1.165) is 33.6 Å². The van der Waals surface area contributed by atoms with E-state index < -0.39 is 0 Å². The summed E-state index contributed by atoms with van der Waals surface area (Å²) >= 11 is 0. The van der Waals surface area contributed by atoms with Gasteiger partial charge in [-0.2, -0.15) is 0 Å². The van der Waals surface area contributed by atoms with Crippen LogP contribution in [0.1, 0.15) is 5.56 Å². The lowest BCUT2D eigenvalue weighted by molar-refractivity contribution is 1.18. The van der Waals surface area contributed by atoms with Crippen molar-refractivity contribution in [3.8, 4) is 28.1 Å².